The molecule has 1 fully saturated rings. The average Bonchev–Trinajstić information content (AvgIpc) is 2.53. The van der Waals surface area contributed by atoms with Crippen molar-refractivity contribution in [3.05, 3.63) is 23.8 Å². The lowest BCUT2D eigenvalue weighted by Gasteiger charge is -2.35. The molecule has 6 nitrogen and oxygen atoms in total. The predicted octanol–water partition coefficient (Wildman–Crippen LogP) is 0.291. The molecule has 0 radical (unpaired) electrons. The van der Waals surface area contributed by atoms with Gasteiger partial charge in [-0.05, 0) is 12.1 Å². The van der Waals surface area contributed by atoms with Crippen molar-refractivity contribution in [3.63, 3.8) is 0 Å². The summed E-state index contributed by atoms with van der Waals surface area (Å²) >= 11 is 0. The zero-order chi connectivity index (χ0) is 13.9. The minimum atomic E-state index is -0.309. The van der Waals surface area contributed by atoms with Crippen LogP contribution in [0.15, 0.2) is 18.2 Å². The van der Waals surface area contributed by atoms with Gasteiger partial charge in [0.2, 0.25) is 0 Å². The Morgan fingerprint density at radius 3 is 3.00 bits per heavy atom. The SMILES string of the molecule is O=C(c1cccc2c1OCCO2)N1CCOCC1CO. The van der Waals surface area contributed by atoms with Crippen molar-refractivity contribution in [2.45, 2.75) is 6.04 Å². The molecule has 0 aromatic heterocycles. The normalized spacial score (nSPS) is 21.6. The van der Waals surface area contributed by atoms with E-state index in [1.165, 1.54) is 0 Å². The number of hydrogen-bond donors (Lipinski definition) is 1. The quantitative estimate of drug-likeness (QED) is 0.843. The van der Waals surface area contributed by atoms with Gasteiger partial charge in [0.15, 0.2) is 11.5 Å². The maximum absolute atomic E-state index is 12.7. The van der Waals surface area contributed by atoms with Crippen LogP contribution in [0.2, 0.25) is 0 Å². The average molecular weight is 279 g/mol. The summed E-state index contributed by atoms with van der Waals surface area (Å²) in [4.78, 5) is 14.3. The lowest BCUT2D eigenvalue weighted by atomic mass is 10.1. The minimum Gasteiger partial charge on any atom is -0.486 e. The Morgan fingerprint density at radius 2 is 2.15 bits per heavy atom. The number of amides is 1. The van der Waals surface area contributed by atoms with E-state index in [1.54, 1.807) is 23.1 Å². The topological polar surface area (TPSA) is 68.2 Å². The van der Waals surface area contributed by atoms with Gasteiger partial charge in [-0.2, -0.15) is 0 Å². The Kier molecular flexibility index (Phi) is 3.75. The van der Waals surface area contributed by atoms with Gasteiger partial charge in [-0.25, -0.2) is 0 Å². The number of aliphatic hydroxyl groups is 1. The third-order valence-electron chi connectivity index (χ3n) is 3.50. The van der Waals surface area contributed by atoms with Crippen molar-refractivity contribution in [1.82, 2.24) is 4.90 Å². The lowest BCUT2D eigenvalue weighted by molar-refractivity contribution is -0.0186. The molecule has 0 aliphatic carbocycles. The van der Waals surface area contributed by atoms with E-state index in [2.05, 4.69) is 0 Å². The largest absolute Gasteiger partial charge is 0.486 e. The fourth-order valence-corrected chi connectivity index (χ4v) is 2.47. The maximum Gasteiger partial charge on any atom is 0.258 e. The van der Waals surface area contributed by atoms with Crippen LogP contribution >= 0.6 is 0 Å². The highest BCUT2D eigenvalue weighted by atomic mass is 16.6. The molecule has 1 aromatic rings. The number of benzene rings is 1. The summed E-state index contributed by atoms with van der Waals surface area (Å²) in [6, 6.07) is 4.97. The van der Waals surface area contributed by atoms with Gasteiger partial charge in [-0.15, -0.1) is 0 Å². The highest BCUT2D eigenvalue weighted by Gasteiger charge is 2.30. The molecule has 2 aliphatic heterocycles. The van der Waals surface area contributed by atoms with Crippen LogP contribution in [-0.4, -0.2) is 61.5 Å². The molecular weight excluding hydrogens is 262 g/mol. The summed E-state index contributed by atoms with van der Waals surface area (Å²) in [5, 5.41) is 9.37. The molecule has 1 amide bonds. The summed E-state index contributed by atoms with van der Waals surface area (Å²) in [6.45, 7) is 2.11. The van der Waals surface area contributed by atoms with E-state index in [-0.39, 0.29) is 18.6 Å². The van der Waals surface area contributed by atoms with Crippen molar-refractivity contribution in [2.24, 2.45) is 0 Å². The Balaban J connectivity index is 1.90. The predicted molar refractivity (Wildman–Crippen MR) is 70.2 cm³/mol. The fraction of sp³-hybridized carbons (Fsp3) is 0.500. The third-order valence-corrected chi connectivity index (χ3v) is 3.50. The molecule has 0 saturated carbocycles. The van der Waals surface area contributed by atoms with Crippen LogP contribution in [0.1, 0.15) is 10.4 Å². The number of rotatable bonds is 2. The molecule has 1 atom stereocenters. The number of fused-ring (bicyclic) bond motifs is 1. The standard InChI is InChI=1S/C14H17NO5/c16-8-10-9-18-5-4-15(10)14(17)11-2-1-3-12-13(11)20-7-6-19-12/h1-3,10,16H,4-9H2. The van der Waals surface area contributed by atoms with Crippen molar-refractivity contribution in [3.8, 4) is 11.5 Å². The van der Waals surface area contributed by atoms with E-state index in [0.29, 0.717) is 50.0 Å². The first-order valence-corrected chi connectivity index (χ1v) is 6.69. The number of carbonyl (C=O) groups is 1. The van der Waals surface area contributed by atoms with Crippen LogP contribution in [0, 0.1) is 0 Å². The van der Waals surface area contributed by atoms with Crippen molar-refractivity contribution in [1.29, 1.82) is 0 Å². The first-order valence-electron chi connectivity index (χ1n) is 6.69. The van der Waals surface area contributed by atoms with E-state index in [0.717, 1.165) is 0 Å². The molecule has 1 unspecified atom stereocenters. The highest BCUT2D eigenvalue weighted by Crippen LogP contribution is 2.34. The zero-order valence-electron chi connectivity index (χ0n) is 11.1. The Bertz CT molecular complexity index is 504. The molecule has 20 heavy (non-hydrogen) atoms. The number of para-hydroxylation sites is 1. The molecule has 108 valence electrons. The van der Waals surface area contributed by atoms with E-state index in [1.807, 2.05) is 0 Å². The molecule has 1 saturated heterocycles. The Hall–Kier alpha value is -1.79. The summed E-state index contributed by atoms with van der Waals surface area (Å²) in [5.41, 5.74) is 0.475. The second-order valence-corrected chi connectivity index (χ2v) is 4.74. The van der Waals surface area contributed by atoms with Crippen molar-refractivity contribution >= 4 is 5.91 Å². The van der Waals surface area contributed by atoms with Gasteiger partial charge >= 0.3 is 0 Å². The van der Waals surface area contributed by atoms with Gasteiger partial charge < -0.3 is 24.2 Å². The van der Waals surface area contributed by atoms with Crippen LogP contribution in [0.4, 0.5) is 0 Å². The van der Waals surface area contributed by atoms with Crippen LogP contribution in [0.5, 0.6) is 11.5 Å². The van der Waals surface area contributed by atoms with Crippen molar-refractivity contribution in [2.75, 3.05) is 39.6 Å². The Morgan fingerprint density at radius 1 is 1.30 bits per heavy atom. The number of ether oxygens (including phenoxy) is 3. The highest BCUT2D eigenvalue weighted by molar-refractivity contribution is 5.98. The molecular formula is C14H17NO5. The van der Waals surface area contributed by atoms with Gasteiger partial charge in [0.1, 0.15) is 13.2 Å². The molecule has 0 bridgehead atoms. The van der Waals surface area contributed by atoms with Gasteiger partial charge in [0.05, 0.1) is 31.4 Å². The van der Waals surface area contributed by atoms with Gasteiger partial charge in [-0.1, -0.05) is 6.07 Å². The number of aliphatic hydroxyl groups excluding tert-OH is 1. The van der Waals surface area contributed by atoms with Gasteiger partial charge in [0.25, 0.3) is 5.91 Å². The van der Waals surface area contributed by atoms with E-state index < -0.39 is 0 Å². The smallest absolute Gasteiger partial charge is 0.258 e. The maximum atomic E-state index is 12.7. The first-order chi connectivity index (χ1) is 9.81. The molecule has 2 aliphatic rings. The molecule has 1 aromatic carbocycles. The minimum absolute atomic E-state index is 0.113. The number of carbonyl (C=O) groups excluding carboxylic acids is 1. The second-order valence-electron chi connectivity index (χ2n) is 4.74. The van der Waals surface area contributed by atoms with Crippen LogP contribution in [0.3, 0.4) is 0 Å². The second kappa shape index (κ2) is 5.68. The summed E-state index contributed by atoms with van der Waals surface area (Å²) in [5.74, 6) is 0.928. The molecule has 2 heterocycles. The summed E-state index contributed by atoms with van der Waals surface area (Å²) in [7, 11) is 0. The molecule has 6 heteroatoms. The third kappa shape index (κ3) is 2.32. The molecule has 3 rings (SSSR count). The van der Waals surface area contributed by atoms with Crippen LogP contribution < -0.4 is 9.47 Å². The summed E-state index contributed by atoms with van der Waals surface area (Å²) in [6.07, 6.45) is 0. The van der Waals surface area contributed by atoms with Gasteiger partial charge in [0, 0.05) is 6.54 Å². The number of morpholine rings is 1. The molecule has 0 spiro atoms. The van der Waals surface area contributed by atoms with Crippen LogP contribution in [-0.2, 0) is 4.74 Å². The van der Waals surface area contributed by atoms with E-state index >= 15 is 0 Å². The Labute approximate surface area is 116 Å². The lowest BCUT2D eigenvalue weighted by Crippen LogP contribution is -2.50. The van der Waals surface area contributed by atoms with E-state index in [4.69, 9.17) is 14.2 Å². The van der Waals surface area contributed by atoms with E-state index in [9.17, 15) is 9.90 Å². The monoisotopic (exact) mass is 279 g/mol. The van der Waals surface area contributed by atoms with Gasteiger partial charge in [-0.3, -0.25) is 4.79 Å². The fourth-order valence-electron chi connectivity index (χ4n) is 2.47. The zero-order valence-corrected chi connectivity index (χ0v) is 11.1. The van der Waals surface area contributed by atoms with Crippen LogP contribution in [0.25, 0.3) is 0 Å². The number of nitrogens with zero attached hydrogens (tertiary/aromatic N) is 1. The molecule has 1 N–H and O–H groups in total. The van der Waals surface area contributed by atoms with Crippen molar-refractivity contribution < 1.29 is 24.1 Å². The first kappa shape index (κ1) is 13.2. The number of hydrogen-bond acceptors (Lipinski definition) is 5. The summed E-state index contributed by atoms with van der Waals surface area (Å²) < 4.78 is 16.3.